The average molecular weight is 414 g/mol. The molecular weight excluding hydrogens is 394 g/mol. The Balaban J connectivity index is 1.59. The Labute approximate surface area is 178 Å². The third-order valence-electron chi connectivity index (χ3n) is 5.15. The van der Waals surface area contributed by atoms with Gasteiger partial charge in [0, 0.05) is 27.4 Å². The second-order valence-corrected chi connectivity index (χ2v) is 7.25. The molecule has 30 heavy (non-hydrogen) atoms. The molecule has 0 bridgehead atoms. The number of hydrogen-bond acceptors (Lipinski definition) is 4. The smallest absolute Gasteiger partial charge is 0.216 e. The van der Waals surface area contributed by atoms with Crippen molar-refractivity contribution in [2.24, 2.45) is 5.10 Å². The van der Waals surface area contributed by atoms with Crippen LogP contribution in [-0.2, 0) is 6.54 Å². The van der Waals surface area contributed by atoms with Gasteiger partial charge in [0.05, 0.1) is 19.9 Å². The SMILES string of the molecule is COc1ccccc1/C=N/n1c(Cn2c3ccccc3c3ccccc32)n[nH]c1=S. The first-order valence-electron chi connectivity index (χ1n) is 9.56. The molecule has 2 heterocycles. The normalized spacial score (nSPS) is 11.6. The van der Waals surface area contributed by atoms with Crippen LogP contribution in [0.15, 0.2) is 77.9 Å². The highest BCUT2D eigenvalue weighted by atomic mass is 32.1. The van der Waals surface area contributed by atoms with Gasteiger partial charge in [-0.1, -0.05) is 48.5 Å². The van der Waals surface area contributed by atoms with Gasteiger partial charge in [0.25, 0.3) is 0 Å². The van der Waals surface area contributed by atoms with Crippen molar-refractivity contribution in [3.63, 3.8) is 0 Å². The van der Waals surface area contributed by atoms with E-state index in [0.29, 0.717) is 11.3 Å². The standard InChI is InChI=1S/C23H19N5OS/c1-29-21-13-7-2-8-16(21)14-24-28-22(25-26-23(28)30)15-27-19-11-5-3-9-17(19)18-10-4-6-12-20(18)27/h2-14H,15H2,1H3,(H,26,30)/b24-14+. The zero-order valence-electron chi connectivity index (χ0n) is 16.3. The Morgan fingerprint density at radius 1 is 0.967 bits per heavy atom. The van der Waals surface area contributed by atoms with Crippen LogP contribution in [0.2, 0.25) is 0 Å². The monoisotopic (exact) mass is 413 g/mol. The lowest BCUT2D eigenvalue weighted by molar-refractivity contribution is 0.414. The van der Waals surface area contributed by atoms with Crippen LogP contribution in [0.3, 0.4) is 0 Å². The molecule has 0 aliphatic rings. The van der Waals surface area contributed by atoms with Crippen LogP contribution in [0.5, 0.6) is 5.75 Å². The Morgan fingerprint density at radius 2 is 1.60 bits per heavy atom. The third-order valence-corrected chi connectivity index (χ3v) is 5.41. The number of para-hydroxylation sites is 3. The van der Waals surface area contributed by atoms with E-state index in [4.69, 9.17) is 17.0 Å². The number of aromatic nitrogens is 4. The Morgan fingerprint density at radius 3 is 2.30 bits per heavy atom. The largest absolute Gasteiger partial charge is 0.496 e. The number of methoxy groups -OCH3 is 1. The lowest BCUT2D eigenvalue weighted by Crippen LogP contribution is -2.06. The first-order chi connectivity index (χ1) is 14.8. The van der Waals surface area contributed by atoms with Gasteiger partial charge in [0.1, 0.15) is 5.75 Å². The summed E-state index contributed by atoms with van der Waals surface area (Å²) in [4.78, 5) is 0. The number of hydrogen-bond donors (Lipinski definition) is 1. The minimum atomic E-state index is 0.442. The van der Waals surface area contributed by atoms with Crippen LogP contribution in [-0.4, -0.2) is 32.8 Å². The van der Waals surface area contributed by atoms with Gasteiger partial charge in [-0.05, 0) is 36.5 Å². The van der Waals surface area contributed by atoms with Gasteiger partial charge in [-0.3, -0.25) is 5.10 Å². The summed E-state index contributed by atoms with van der Waals surface area (Å²) >= 11 is 5.43. The highest BCUT2D eigenvalue weighted by Crippen LogP contribution is 2.29. The molecule has 2 aromatic heterocycles. The summed E-state index contributed by atoms with van der Waals surface area (Å²) in [5, 5.41) is 14.3. The van der Waals surface area contributed by atoms with Crippen molar-refractivity contribution >= 4 is 40.2 Å². The Kier molecular flexibility index (Phi) is 4.65. The molecule has 148 valence electrons. The summed E-state index contributed by atoms with van der Waals surface area (Å²) in [7, 11) is 1.64. The Bertz CT molecular complexity index is 1390. The minimum Gasteiger partial charge on any atom is -0.496 e. The molecule has 0 aliphatic heterocycles. The topological polar surface area (TPSA) is 60.1 Å². The highest BCUT2D eigenvalue weighted by molar-refractivity contribution is 7.71. The van der Waals surface area contributed by atoms with Gasteiger partial charge >= 0.3 is 0 Å². The van der Waals surface area contributed by atoms with Crippen molar-refractivity contribution in [3.8, 4) is 5.75 Å². The van der Waals surface area contributed by atoms with Crippen LogP contribution < -0.4 is 4.74 Å². The maximum absolute atomic E-state index is 5.43. The van der Waals surface area contributed by atoms with E-state index in [1.165, 1.54) is 10.8 Å². The van der Waals surface area contributed by atoms with Crippen LogP contribution in [0.25, 0.3) is 21.8 Å². The predicted molar refractivity (Wildman–Crippen MR) is 122 cm³/mol. The first kappa shape index (κ1) is 18.3. The molecule has 0 saturated carbocycles. The zero-order valence-corrected chi connectivity index (χ0v) is 17.1. The fourth-order valence-corrected chi connectivity index (χ4v) is 3.95. The van der Waals surface area contributed by atoms with Gasteiger partial charge in [-0.2, -0.15) is 14.9 Å². The van der Waals surface area contributed by atoms with Gasteiger partial charge in [-0.25, -0.2) is 0 Å². The molecule has 5 rings (SSSR count). The molecule has 5 aromatic rings. The van der Waals surface area contributed by atoms with E-state index >= 15 is 0 Å². The van der Waals surface area contributed by atoms with Crippen LogP contribution >= 0.6 is 12.2 Å². The number of fused-ring (bicyclic) bond motifs is 3. The molecule has 1 N–H and O–H groups in total. The molecular formula is C23H19N5OS. The second kappa shape index (κ2) is 7.61. The van der Waals surface area contributed by atoms with Crippen molar-refractivity contribution in [1.29, 1.82) is 0 Å². The van der Waals surface area contributed by atoms with Gasteiger partial charge in [-0.15, -0.1) is 0 Å². The average Bonchev–Trinajstić information content (AvgIpc) is 3.31. The van der Waals surface area contributed by atoms with Crippen molar-refractivity contribution < 1.29 is 4.74 Å². The number of ether oxygens (including phenoxy) is 1. The lowest BCUT2D eigenvalue weighted by Gasteiger charge is -2.07. The molecule has 0 atom stereocenters. The molecule has 0 unspecified atom stereocenters. The molecule has 0 fully saturated rings. The van der Waals surface area contributed by atoms with Gasteiger partial charge < -0.3 is 9.30 Å². The van der Waals surface area contributed by atoms with E-state index in [0.717, 1.165) is 28.2 Å². The number of nitrogens with zero attached hydrogens (tertiary/aromatic N) is 4. The van der Waals surface area contributed by atoms with E-state index in [9.17, 15) is 0 Å². The molecule has 0 radical (unpaired) electrons. The molecule has 0 aliphatic carbocycles. The fourth-order valence-electron chi connectivity index (χ4n) is 3.75. The quantitative estimate of drug-likeness (QED) is 0.326. The zero-order chi connectivity index (χ0) is 20.5. The van der Waals surface area contributed by atoms with E-state index in [2.05, 4.69) is 68.4 Å². The van der Waals surface area contributed by atoms with Crippen LogP contribution in [0, 0.1) is 4.77 Å². The number of aromatic amines is 1. The number of H-pyrrole nitrogens is 1. The summed E-state index contributed by atoms with van der Waals surface area (Å²) in [6, 6.07) is 24.5. The maximum atomic E-state index is 5.43. The van der Waals surface area contributed by atoms with Crippen molar-refractivity contribution in [2.75, 3.05) is 7.11 Å². The first-order valence-corrected chi connectivity index (χ1v) is 9.97. The number of benzene rings is 3. The van der Waals surface area contributed by atoms with Crippen LogP contribution in [0.4, 0.5) is 0 Å². The molecule has 0 amide bonds. The van der Waals surface area contributed by atoms with Crippen molar-refractivity contribution in [1.82, 2.24) is 19.4 Å². The van der Waals surface area contributed by atoms with E-state index in [1.54, 1.807) is 18.0 Å². The number of rotatable bonds is 5. The second-order valence-electron chi connectivity index (χ2n) is 6.86. The lowest BCUT2D eigenvalue weighted by atomic mass is 10.2. The van der Waals surface area contributed by atoms with E-state index < -0.39 is 0 Å². The molecule has 0 spiro atoms. The third kappa shape index (κ3) is 3.09. The summed E-state index contributed by atoms with van der Waals surface area (Å²) in [6.45, 7) is 0.532. The van der Waals surface area contributed by atoms with E-state index in [-0.39, 0.29) is 0 Å². The fraction of sp³-hybridized carbons (Fsp3) is 0.0870. The van der Waals surface area contributed by atoms with Gasteiger partial charge in [0.15, 0.2) is 5.82 Å². The summed E-state index contributed by atoms with van der Waals surface area (Å²) in [5.74, 6) is 1.47. The Hall–Kier alpha value is -3.71. The summed E-state index contributed by atoms with van der Waals surface area (Å²) < 4.78 is 9.74. The summed E-state index contributed by atoms with van der Waals surface area (Å²) in [6.07, 6.45) is 1.74. The minimum absolute atomic E-state index is 0.442. The summed E-state index contributed by atoms with van der Waals surface area (Å²) in [5.41, 5.74) is 3.16. The van der Waals surface area contributed by atoms with Crippen molar-refractivity contribution in [3.05, 3.63) is 89.0 Å². The molecule has 7 heteroatoms. The van der Waals surface area contributed by atoms with Crippen LogP contribution in [0.1, 0.15) is 11.4 Å². The molecule has 6 nitrogen and oxygen atoms in total. The van der Waals surface area contributed by atoms with Crippen molar-refractivity contribution in [2.45, 2.75) is 6.54 Å². The molecule has 3 aromatic carbocycles. The van der Waals surface area contributed by atoms with E-state index in [1.807, 2.05) is 24.3 Å². The van der Waals surface area contributed by atoms with Gasteiger partial charge in [0.2, 0.25) is 4.77 Å². The predicted octanol–water partition coefficient (Wildman–Crippen LogP) is 4.99. The highest BCUT2D eigenvalue weighted by Gasteiger charge is 2.13. The molecule has 0 saturated heterocycles. The number of nitrogens with one attached hydrogen (secondary N) is 1. The maximum Gasteiger partial charge on any atom is 0.216 e.